The molecule has 2 saturated carbocycles. The van der Waals surface area contributed by atoms with Gasteiger partial charge in [-0.2, -0.15) is 0 Å². The number of anilines is 1. The molecule has 0 unspecified atom stereocenters. The summed E-state index contributed by atoms with van der Waals surface area (Å²) >= 11 is 5.06. The largest absolute Gasteiger partial charge is 0.325 e. The minimum atomic E-state index is -0.144. The van der Waals surface area contributed by atoms with Crippen molar-refractivity contribution in [3.8, 4) is 0 Å². The first kappa shape index (κ1) is 19.8. The zero-order valence-corrected chi connectivity index (χ0v) is 19.7. The molecule has 0 radical (unpaired) electrons. The van der Waals surface area contributed by atoms with Gasteiger partial charge in [0.2, 0.25) is 5.91 Å². The second-order valence-electron chi connectivity index (χ2n) is 9.02. The molecule has 0 spiro atoms. The molecule has 2 aliphatic carbocycles. The summed E-state index contributed by atoms with van der Waals surface area (Å²) in [6.07, 6.45) is 3.98. The average molecular weight is 469 g/mol. The van der Waals surface area contributed by atoms with Crippen LogP contribution in [-0.2, 0) is 11.3 Å². The second-order valence-corrected chi connectivity index (χ2v) is 12.2. The molecule has 2 aromatic heterocycles. The van der Waals surface area contributed by atoms with Gasteiger partial charge in [0, 0.05) is 26.6 Å². The third-order valence-corrected chi connectivity index (χ3v) is 11.0. The van der Waals surface area contributed by atoms with Crippen molar-refractivity contribution in [3.63, 3.8) is 0 Å². The number of fused-ring (bicyclic) bond motifs is 6. The number of thiophene rings is 1. The number of carbonyl (C=O) groups is 1. The normalized spacial score (nSPS) is 28.4. The van der Waals surface area contributed by atoms with Crippen LogP contribution in [0.1, 0.15) is 40.5 Å². The van der Waals surface area contributed by atoms with Crippen LogP contribution in [0.15, 0.2) is 51.6 Å². The van der Waals surface area contributed by atoms with Crippen molar-refractivity contribution < 1.29 is 4.79 Å². The fourth-order valence-electron chi connectivity index (χ4n) is 5.85. The minimum absolute atomic E-state index is 0.00886. The number of benzene rings is 1. The number of aryl methyl sites for hydroxylation is 1. The zero-order chi connectivity index (χ0) is 21.1. The van der Waals surface area contributed by atoms with Crippen LogP contribution >= 0.6 is 34.4 Å². The molecule has 1 amide bonds. The first-order valence-electron chi connectivity index (χ1n) is 10.9. The van der Waals surface area contributed by atoms with Crippen LogP contribution < -0.4 is 10.2 Å². The van der Waals surface area contributed by atoms with E-state index in [0.29, 0.717) is 17.1 Å². The molecule has 0 saturated heterocycles. The monoisotopic (exact) mass is 468 g/mol. The minimum Gasteiger partial charge on any atom is -0.325 e. The van der Waals surface area contributed by atoms with Gasteiger partial charge in [-0.15, -0.1) is 23.1 Å². The molecule has 1 aliphatic heterocycles. The summed E-state index contributed by atoms with van der Waals surface area (Å²) < 4.78 is 1.73. The molecule has 2 fully saturated rings. The molecule has 6 rings (SSSR count). The number of hydrogen-bond acceptors (Lipinski definition) is 5. The highest BCUT2D eigenvalue weighted by Crippen LogP contribution is 2.64. The van der Waals surface area contributed by atoms with Crippen LogP contribution in [0.25, 0.3) is 0 Å². The molecule has 31 heavy (non-hydrogen) atoms. The Balaban J connectivity index is 1.34. The number of amides is 1. The van der Waals surface area contributed by atoms with Gasteiger partial charge in [-0.05, 0) is 67.5 Å². The SMILES string of the molecule is Cc1ccc(NC(=O)Cn2c3c(sc2=O)[C@H](c2cccs2)[C@H]2[C@H]4CC[C@@H](C4)[C@H]2S3)cc1. The van der Waals surface area contributed by atoms with Gasteiger partial charge in [0.1, 0.15) is 6.54 Å². The van der Waals surface area contributed by atoms with E-state index in [1.807, 2.05) is 54.3 Å². The van der Waals surface area contributed by atoms with E-state index in [1.165, 1.54) is 40.4 Å². The molecule has 2 bridgehead atoms. The lowest BCUT2D eigenvalue weighted by molar-refractivity contribution is -0.116. The van der Waals surface area contributed by atoms with Gasteiger partial charge in [-0.1, -0.05) is 35.1 Å². The smallest absolute Gasteiger partial charge is 0.308 e. The standard InChI is InChI=1S/C24H24N2O2S3/c1-13-4-8-16(9-5-13)25-18(27)12-26-23-22(31-24(26)28)20(17-3-2-10-29-17)19-14-6-7-15(11-14)21(19)30-23/h2-5,8-10,14-15,19-21H,6-7,11-12H2,1H3,(H,25,27)/t14-,15-,19+,20+,21+/m0/s1. The lowest BCUT2D eigenvalue weighted by Gasteiger charge is -2.40. The molecular formula is C24H24N2O2S3. The van der Waals surface area contributed by atoms with Crippen LogP contribution in [-0.4, -0.2) is 15.7 Å². The van der Waals surface area contributed by atoms with E-state index in [-0.39, 0.29) is 17.3 Å². The van der Waals surface area contributed by atoms with Crippen LogP contribution in [0.4, 0.5) is 5.69 Å². The first-order valence-corrected chi connectivity index (χ1v) is 13.5. The maximum atomic E-state index is 13.0. The van der Waals surface area contributed by atoms with E-state index < -0.39 is 0 Å². The molecule has 160 valence electrons. The average Bonchev–Trinajstić information content (AvgIpc) is 3.54. The summed E-state index contributed by atoms with van der Waals surface area (Å²) in [5.74, 6) is 2.33. The van der Waals surface area contributed by atoms with E-state index in [9.17, 15) is 9.59 Å². The number of rotatable bonds is 4. The third-order valence-electron chi connectivity index (χ3n) is 7.18. The Morgan fingerprint density at radius 2 is 1.97 bits per heavy atom. The number of thioether (sulfide) groups is 1. The van der Waals surface area contributed by atoms with Crippen LogP contribution in [0.2, 0.25) is 0 Å². The summed E-state index contributed by atoms with van der Waals surface area (Å²) in [5.41, 5.74) is 1.92. The Bertz CT molecular complexity index is 1180. The van der Waals surface area contributed by atoms with Crippen molar-refractivity contribution in [2.75, 3.05) is 5.32 Å². The Kier molecular flexibility index (Phi) is 4.89. The fraction of sp³-hybridized carbons (Fsp3) is 0.417. The Labute approximate surface area is 193 Å². The predicted molar refractivity (Wildman–Crippen MR) is 129 cm³/mol. The summed E-state index contributed by atoms with van der Waals surface area (Å²) in [6.45, 7) is 2.10. The Morgan fingerprint density at radius 1 is 1.16 bits per heavy atom. The van der Waals surface area contributed by atoms with E-state index >= 15 is 0 Å². The summed E-state index contributed by atoms with van der Waals surface area (Å²) in [7, 11) is 0. The summed E-state index contributed by atoms with van der Waals surface area (Å²) in [5, 5.41) is 6.71. The van der Waals surface area contributed by atoms with Gasteiger partial charge < -0.3 is 5.32 Å². The molecule has 1 aromatic carbocycles. The maximum absolute atomic E-state index is 13.0. The number of nitrogens with one attached hydrogen (secondary N) is 1. The van der Waals surface area contributed by atoms with Crippen molar-refractivity contribution in [3.05, 3.63) is 66.8 Å². The topological polar surface area (TPSA) is 51.1 Å². The summed E-state index contributed by atoms with van der Waals surface area (Å²) in [4.78, 5) is 28.4. The van der Waals surface area contributed by atoms with E-state index in [4.69, 9.17) is 0 Å². The van der Waals surface area contributed by atoms with Crippen molar-refractivity contribution in [1.29, 1.82) is 0 Å². The molecule has 7 heteroatoms. The maximum Gasteiger partial charge on any atom is 0.308 e. The van der Waals surface area contributed by atoms with Gasteiger partial charge in [-0.3, -0.25) is 14.2 Å². The Hall–Kier alpha value is -1.83. The zero-order valence-electron chi connectivity index (χ0n) is 17.2. The van der Waals surface area contributed by atoms with Crippen LogP contribution in [0.5, 0.6) is 0 Å². The van der Waals surface area contributed by atoms with Crippen LogP contribution in [0.3, 0.4) is 0 Å². The molecular weight excluding hydrogens is 444 g/mol. The molecule has 3 aliphatic rings. The third kappa shape index (κ3) is 3.33. The van der Waals surface area contributed by atoms with Crippen molar-refractivity contribution >= 4 is 46.0 Å². The summed E-state index contributed by atoms with van der Waals surface area (Å²) in [6, 6.07) is 12.1. The molecule has 5 atom stereocenters. The van der Waals surface area contributed by atoms with Crippen LogP contribution in [0, 0.1) is 24.7 Å². The number of nitrogens with zero attached hydrogens (tertiary/aromatic N) is 1. The highest BCUT2D eigenvalue weighted by atomic mass is 32.2. The highest BCUT2D eigenvalue weighted by Gasteiger charge is 2.55. The quantitative estimate of drug-likeness (QED) is 0.545. The predicted octanol–water partition coefficient (Wildman–Crippen LogP) is 5.57. The Morgan fingerprint density at radius 3 is 2.74 bits per heavy atom. The molecule has 3 heterocycles. The lowest BCUT2D eigenvalue weighted by atomic mass is 9.77. The van der Waals surface area contributed by atoms with Crippen molar-refractivity contribution in [2.24, 2.45) is 17.8 Å². The number of thiazole rings is 1. The van der Waals surface area contributed by atoms with Gasteiger partial charge in [0.15, 0.2) is 0 Å². The number of aromatic nitrogens is 1. The van der Waals surface area contributed by atoms with Gasteiger partial charge in [0.05, 0.1) is 5.03 Å². The number of hydrogen-bond donors (Lipinski definition) is 1. The highest BCUT2D eigenvalue weighted by molar-refractivity contribution is 8.00. The van der Waals surface area contributed by atoms with Gasteiger partial charge in [-0.25, -0.2) is 0 Å². The van der Waals surface area contributed by atoms with E-state index in [1.54, 1.807) is 4.57 Å². The van der Waals surface area contributed by atoms with Crippen molar-refractivity contribution in [2.45, 2.75) is 48.9 Å². The molecule has 4 nitrogen and oxygen atoms in total. The number of carbonyl (C=O) groups excluding carboxylic acids is 1. The van der Waals surface area contributed by atoms with E-state index in [2.05, 4.69) is 22.8 Å². The second kappa shape index (κ2) is 7.64. The van der Waals surface area contributed by atoms with Crippen molar-refractivity contribution in [1.82, 2.24) is 4.57 Å². The first-order chi connectivity index (χ1) is 15.1. The van der Waals surface area contributed by atoms with E-state index in [0.717, 1.165) is 28.1 Å². The molecule has 1 N–H and O–H groups in total. The van der Waals surface area contributed by atoms with Gasteiger partial charge >= 0.3 is 4.87 Å². The van der Waals surface area contributed by atoms with Gasteiger partial charge in [0.25, 0.3) is 0 Å². The lowest BCUT2D eigenvalue weighted by Crippen LogP contribution is -2.34. The molecule has 3 aromatic rings. The fourth-order valence-corrected chi connectivity index (χ4v) is 9.96.